The Morgan fingerprint density at radius 1 is 1.05 bits per heavy atom. The van der Waals surface area contributed by atoms with E-state index in [1.165, 1.54) is 11.1 Å². The number of nitrogens with zero attached hydrogens (tertiary/aromatic N) is 1. The van der Waals surface area contributed by atoms with Crippen molar-refractivity contribution in [2.45, 2.75) is 19.1 Å². The summed E-state index contributed by atoms with van der Waals surface area (Å²) in [6.07, 6.45) is 0. The minimum Gasteiger partial charge on any atom is -0.496 e. The van der Waals surface area contributed by atoms with Crippen LogP contribution in [0.3, 0.4) is 0 Å². The third-order valence-corrected chi connectivity index (χ3v) is 3.90. The fourth-order valence-electron chi connectivity index (χ4n) is 2.88. The van der Waals surface area contributed by atoms with Crippen molar-refractivity contribution in [3.63, 3.8) is 0 Å². The van der Waals surface area contributed by atoms with E-state index in [4.69, 9.17) is 10.5 Å². The third kappa shape index (κ3) is 2.55. The lowest BCUT2D eigenvalue weighted by atomic mass is 10.1. The highest BCUT2D eigenvalue weighted by Crippen LogP contribution is 2.27. The molecule has 0 radical (unpaired) electrons. The number of nitrogens with two attached hydrogens (primary N) is 1. The lowest BCUT2D eigenvalue weighted by molar-refractivity contribution is 0.263. The SMILES string of the molecule is COc1ccccc1C(N)CN1Cc2ccccc2C1. The van der Waals surface area contributed by atoms with Gasteiger partial charge in [0, 0.05) is 31.2 Å². The fourth-order valence-corrected chi connectivity index (χ4v) is 2.88. The van der Waals surface area contributed by atoms with E-state index in [0.717, 1.165) is 30.9 Å². The molecule has 2 aromatic carbocycles. The second-order valence-electron chi connectivity index (χ2n) is 5.29. The summed E-state index contributed by atoms with van der Waals surface area (Å²) in [7, 11) is 1.69. The quantitative estimate of drug-likeness (QED) is 0.926. The van der Waals surface area contributed by atoms with Crippen LogP contribution in [0, 0.1) is 0 Å². The Morgan fingerprint density at radius 2 is 1.65 bits per heavy atom. The number of rotatable bonds is 4. The molecule has 0 aliphatic carbocycles. The second kappa shape index (κ2) is 5.65. The van der Waals surface area contributed by atoms with Crippen LogP contribution in [0.5, 0.6) is 5.75 Å². The zero-order valence-corrected chi connectivity index (χ0v) is 11.8. The van der Waals surface area contributed by atoms with E-state index < -0.39 is 0 Å². The molecule has 2 aromatic rings. The van der Waals surface area contributed by atoms with Crippen LogP contribution in [0.15, 0.2) is 48.5 Å². The molecule has 104 valence electrons. The molecular weight excluding hydrogens is 248 g/mol. The molecule has 3 heteroatoms. The number of hydrogen-bond donors (Lipinski definition) is 1. The minimum absolute atomic E-state index is 0.0273. The smallest absolute Gasteiger partial charge is 0.123 e. The van der Waals surface area contributed by atoms with Crippen LogP contribution >= 0.6 is 0 Å². The van der Waals surface area contributed by atoms with E-state index in [2.05, 4.69) is 29.2 Å². The van der Waals surface area contributed by atoms with Crippen LogP contribution in [0.1, 0.15) is 22.7 Å². The van der Waals surface area contributed by atoms with E-state index in [-0.39, 0.29) is 6.04 Å². The van der Waals surface area contributed by atoms with Gasteiger partial charge in [0.05, 0.1) is 7.11 Å². The normalized spacial score (nSPS) is 15.9. The predicted molar refractivity (Wildman–Crippen MR) is 80.5 cm³/mol. The third-order valence-electron chi connectivity index (χ3n) is 3.90. The van der Waals surface area contributed by atoms with Crippen LogP contribution in [0.4, 0.5) is 0 Å². The molecule has 0 bridgehead atoms. The summed E-state index contributed by atoms with van der Waals surface area (Å²) in [6.45, 7) is 2.81. The molecule has 1 aliphatic rings. The number of benzene rings is 2. The molecule has 0 saturated heterocycles. The average molecular weight is 268 g/mol. The highest BCUT2D eigenvalue weighted by Gasteiger charge is 2.21. The summed E-state index contributed by atoms with van der Waals surface area (Å²) >= 11 is 0. The number of fused-ring (bicyclic) bond motifs is 1. The first-order valence-corrected chi connectivity index (χ1v) is 6.95. The Bertz CT molecular complexity index is 572. The summed E-state index contributed by atoms with van der Waals surface area (Å²) in [5.74, 6) is 0.872. The predicted octanol–water partition coefficient (Wildman–Crippen LogP) is 2.71. The lowest BCUT2D eigenvalue weighted by Crippen LogP contribution is -2.28. The van der Waals surface area contributed by atoms with E-state index >= 15 is 0 Å². The Hall–Kier alpha value is -1.84. The van der Waals surface area contributed by atoms with Gasteiger partial charge in [-0.2, -0.15) is 0 Å². The van der Waals surface area contributed by atoms with Crippen LogP contribution in [-0.2, 0) is 13.1 Å². The molecule has 3 rings (SSSR count). The van der Waals surface area contributed by atoms with Gasteiger partial charge in [-0.1, -0.05) is 42.5 Å². The molecule has 0 amide bonds. The molecule has 0 aromatic heterocycles. The number of para-hydroxylation sites is 1. The summed E-state index contributed by atoms with van der Waals surface area (Å²) < 4.78 is 5.39. The van der Waals surface area contributed by atoms with Gasteiger partial charge in [0.1, 0.15) is 5.75 Å². The van der Waals surface area contributed by atoms with Crippen molar-refractivity contribution in [2.75, 3.05) is 13.7 Å². The monoisotopic (exact) mass is 268 g/mol. The van der Waals surface area contributed by atoms with Gasteiger partial charge in [0.15, 0.2) is 0 Å². The fraction of sp³-hybridized carbons (Fsp3) is 0.294. The maximum atomic E-state index is 6.36. The van der Waals surface area contributed by atoms with Crippen molar-refractivity contribution in [2.24, 2.45) is 5.73 Å². The van der Waals surface area contributed by atoms with Gasteiger partial charge in [0.25, 0.3) is 0 Å². The van der Waals surface area contributed by atoms with E-state index in [1.54, 1.807) is 7.11 Å². The van der Waals surface area contributed by atoms with Crippen LogP contribution in [-0.4, -0.2) is 18.6 Å². The maximum Gasteiger partial charge on any atom is 0.123 e. The summed E-state index contributed by atoms with van der Waals surface area (Å²) in [4.78, 5) is 2.39. The number of methoxy groups -OCH3 is 1. The van der Waals surface area contributed by atoms with Crippen LogP contribution in [0.2, 0.25) is 0 Å². The lowest BCUT2D eigenvalue weighted by Gasteiger charge is -2.22. The van der Waals surface area contributed by atoms with Gasteiger partial charge in [-0.05, 0) is 17.2 Å². The molecule has 0 fully saturated rings. The van der Waals surface area contributed by atoms with Gasteiger partial charge >= 0.3 is 0 Å². The van der Waals surface area contributed by atoms with E-state index in [0.29, 0.717) is 0 Å². The molecule has 0 saturated carbocycles. The Labute approximate surface area is 120 Å². The van der Waals surface area contributed by atoms with Crippen LogP contribution in [0.25, 0.3) is 0 Å². The maximum absolute atomic E-state index is 6.36. The molecule has 2 N–H and O–H groups in total. The minimum atomic E-state index is -0.0273. The first kappa shape index (κ1) is 13.2. The highest BCUT2D eigenvalue weighted by molar-refractivity contribution is 5.36. The van der Waals surface area contributed by atoms with E-state index in [9.17, 15) is 0 Å². The highest BCUT2D eigenvalue weighted by atomic mass is 16.5. The summed E-state index contributed by atoms with van der Waals surface area (Å²) in [5.41, 5.74) is 10.3. The first-order chi connectivity index (χ1) is 9.78. The average Bonchev–Trinajstić information content (AvgIpc) is 2.89. The van der Waals surface area contributed by atoms with E-state index in [1.807, 2.05) is 24.3 Å². The van der Waals surface area contributed by atoms with Gasteiger partial charge in [-0.15, -0.1) is 0 Å². The summed E-state index contributed by atoms with van der Waals surface area (Å²) in [6, 6.07) is 16.6. The zero-order valence-electron chi connectivity index (χ0n) is 11.8. The molecular formula is C17H20N2O. The van der Waals surface area contributed by atoms with Crippen molar-refractivity contribution in [1.82, 2.24) is 4.90 Å². The molecule has 0 spiro atoms. The molecule has 20 heavy (non-hydrogen) atoms. The van der Waals surface area contributed by atoms with Gasteiger partial charge in [0.2, 0.25) is 0 Å². The van der Waals surface area contributed by atoms with Crippen LogP contribution < -0.4 is 10.5 Å². The molecule has 1 unspecified atom stereocenters. The first-order valence-electron chi connectivity index (χ1n) is 6.95. The van der Waals surface area contributed by atoms with Crippen molar-refractivity contribution in [3.8, 4) is 5.75 Å². The molecule has 1 atom stereocenters. The number of ether oxygens (including phenoxy) is 1. The molecule has 3 nitrogen and oxygen atoms in total. The van der Waals surface area contributed by atoms with Gasteiger partial charge in [-0.25, -0.2) is 0 Å². The topological polar surface area (TPSA) is 38.5 Å². The van der Waals surface area contributed by atoms with Crippen molar-refractivity contribution < 1.29 is 4.74 Å². The van der Waals surface area contributed by atoms with Gasteiger partial charge < -0.3 is 10.5 Å². The Balaban J connectivity index is 1.70. The molecule has 1 heterocycles. The Kier molecular flexibility index (Phi) is 3.72. The van der Waals surface area contributed by atoms with Crippen molar-refractivity contribution >= 4 is 0 Å². The van der Waals surface area contributed by atoms with Crippen molar-refractivity contribution in [3.05, 3.63) is 65.2 Å². The summed E-state index contributed by atoms with van der Waals surface area (Å²) in [5, 5.41) is 0. The number of hydrogen-bond acceptors (Lipinski definition) is 3. The van der Waals surface area contributed by atoms with Gasteiger partial charge in [-0.3, -0.25) is 4.90 Å². The zero-order chi connectivity index (χ0) is 13.9. The largest absolute Gasteiger partial charge is 0.496 e. The standard InChI is InChI=1S/C17H20N2O/c1-20-17-9-5-4-8-15(17)16(18)12-19-10-13-6-2-3-7-14(13)11-19/h2-9,16H,10-12,18H2,1H3. The van der Waals surface area contributed by atoms with Crippen molar-refractivity contribution in [1.29, 1.82) is 0 Å². The molecule has 1 aliphatic heterocycles. The Morgan fingerprint density at radius 3 is 2.30 bits per heavy atom. The second-order valence-corrected chi connectivity index (χ2v) is 5.29.